The number of aromatic amines is 3. The molecule has 5 N–H and O–H groups in total. The lowest BCUT2D eigenvalue weighted by Gasteiger charge is -2.11. The number of aromatic nitrogens is 6. The van der Waals surface area contributed by atoms with Crippen molar-refractivity contribution < 1.29 is 14.3 Å². The van der Waals surface area contributed by atoms with Crippen molar-refractivity contribution in [1.29, 1.82) is 0 Å². The van der Waals surface area contributed by atoms with Crippen LogP contribution in [0.2, 0.25) is 0 Å². The maximum Gasteiger partial charge on any atom is 0.253 e. The standard InChI is InChI=1S/C24H27N5O2.C18H16N4OS/c1-28(2)9-10-29-16-22(24(30)25-13-17-5-4-6-20(11-17)31-3)21-8-7-18(12-23(21)29)19-14-26-27-15-19;23-18(19-6-5-14-2-1-7-24-14)16-11-20-17-8-12(3-4-15(16)17)13-9-21-22-10-13/h4-8,11-12,14-16H,9-10,13H2,1-3H3,(H,25,30)(H,26,27);1-4,7-11,20H,5-6H2,(H,19,23)(H,21,22). The van der Waals surface area contributed by atoms with Crippen molar-refractivity contribution in [2.45, 2.75) is 19.5 Å². The lowest BCUT2D eigenvalue weighted by molar-refractivity contribution is 0.0945. The second kappa shape index (κ2) is 17.1. The molecule has 0 aliphatic carbocycles. The monoisotopic (exact) mass is 753 g/mol. The molecule has 0 unspecified atom stereocenters. The summed E-state index contributed by atoms with van der Waals surface area (Å²) in [5.74, 6) is 0.639. The van der Waals surface area contributed by atoms with Gasteiger partial charge in [0.05, 0.1) is 30.6 Å². The molecule has 0 radical (unpaired) electrons. The molecule has 5 aromatic heterocycles. The van der Waals surface area contributed by atoms with Crippen LogP contribution in [0.5, 0.6) is 5.75 Å². The van der Waals surface area contributed by atoms with E-state index in [9.17, 15) is 9.59 Å². The highest BCUT2D eigenvalue weighted by atomic mass is 32.1. The number of amides is 2. The van der Waals surface area contributed by atoms with E-state index in [1.807, 2.05) is 93.3 Å². The molecule has 0 atom stereocenters. The molecule has 280 valence electrons. The van der Waals surface area contributed by atoms with Crippen molar-refractivity contribution >= 4 is 45.0 Å². The summed E-state index contributed by atoms with van der Waals surface area (Å²) in [7, 11) is 5.73. The van der Waals surface area contributed by atoms with E-state index in [1.165, 1.54) is 4.88 Å². The topological polar surface area (TPSA) is 149 Å². The first-order valence-electron chi connectivity index (χ1n) is 17.9. The van der Waals surface area contributed by atoms with Gasteiger partial charge in [0.1, 0.15) is 5.75 Å². The smallest absolute Gasteiger partial charge is 0.253 e. The van der Waals surface area contributed by atoms with Crippen LogP contribution in [-0.2, 0) is 19.5 Å². The first-order valence-corrected chi connectivity index (χ1v) is 18.8. The Labute approximate surface area is 322 Å². The fourth-order valence-electron chi connectivity index (χ4n) is 6.37. The zero-order valence-corrected chi connectivity index (χ0v) is 31.7. The highest BCUT2D eigenvalue weighted by molar-refractivity contribution is 7.09. The Bertz CT molecular complexity index is 2480. The molecule has 0 saturated carbocycles. The number of carbonyl (C=O) groups excluding carboxylic acids is 2. The minimum atomic E-state index is -0.0903. The van der Waals surface area contributed by atoms with Crippen molar-refractivity contribution in [3.63, 3.8) is 0 Å². The molecule has 2 amide bonds. The van der Waals surface area contributed by atoms with Gasteiger partial charge < -0.3 is 29.8 Å². The number of H-pyrrole nitrogens is 3. The van der Waals surface area contributed by atoms with Crippen LogP contribution in [-0.4, -0.2) is 81.0 Å². The quantitative estimate of drug-likeness (QED) is 0.0847. The Morgan fingerprint density at radius 3 is 2.25 bits per heavy atom. The van der Waals surface area contributed by atoms with Crippen LogP contribution in [0.15, 0.2) is 115 Å². The van der Waals surface area contributed by atoms with E-state index in [2.05, 4.69) is 63.0 Å². The Morgan fingerprint density at radius 2 is 1.56 bits per heavy atom. The van der Waals surface area contributed by atoms with E-state index in [0.717, 1.165) is 74.9 Å². The van der Waals surface area contributed by atoms with Gasteiger partial charge in [0, 0.05) is 88.8 Å². The molecule has 0 saturated heterocycles. The number of hydrogen-bond donors (Lipinski definition) is 5. The average Bonchev–Trinajstić information content (AvgIpc) is 4.06. The second-order valence-corrected chi connectivity index (χ2v) is 14.4. The Morgan fingerprint density at radius 1 is 0.818 bits per heavy atom. The number of carbonyl (C=O) groups is 2. The van der Waals surface area contributed by atoms with Crippen LogP contribution in [0.3, 0.4) is 0 Å². The van der Waals surface area contributed by atoms with Gasteiger partial charge in [0.2, 0.25) is 0 Å². The lowest BCUT2D eigenvalue weighted by atomic mass is 10.1. The van der Waals surface area contributed by atoms with Gasteiger partial charge in [-0.05, 0) is 72.9 Å². The fraction of sp³-hybridized carbons (Fsp3) is 0.190. The molecule has 8 rings (SSSR count). The van der Waals surface area contributed by atoms with Crippen LogP contribution in [0.25, 0.3) is 44.1 Å². The average molecular weight is 754 g/mol. The van der Waals surface area contributed by atoms with Gasteiger partial charge in [-0.1, -0.05) is 42.5 Å². The summed E-state index contributed by atoms with van der Waals surface area (Å²) in [5, 5.41) is 23.6. The van der Waals surface area contributed by atoms with Crippen LogP contribution in [0.4, 0.5) is 0 Å². The first-order chi connectivity index (χ1) is 26.9. The predicted molar refractivity (Wildman–Crippen MR) is 218 cm³/mol. The van der Waals surface area contributed by atoms with Gasteiger partial charge in [0.25, 0.3) is 11.8 Å². The maximum absolute atomic E-state index is 13.1. The Hall–Kier alpha value is -6.44. The minimum Gasteiger partial charge on any atom is -0.497 e. The number of hydrogen-bond acceptors (Lipinski definition) is 7. The van der Waals surface area contributed by atoms with E-state index in [1.54, 1.807) is 37.0 Å². The van der Waals surface area contributed by atoms with E-state index >= 15 is 0 Å². The summed E-state index contributed by atoms with van der Waals surface area (Å²) >= 11 is 1.71. The summed E-state index contributed by atoms with van der Waals surface area (Å²) in [6, 6.07) is 24.0. The number of nitrogens with zero attached hydrogens (tertiary/aromatic N) is 4. The number of benzene rings is 3. The first kappa shape index (κ1) is 36.9. The molecule has 0 aliphatic heterocycles. The fourth-order valence-corrected chi connectivity index (χ4v) is 7.07. The number of rotatable bonds is 13. The molecule has 0 aliphatic rings. The highest BCUT2D eigenvalue weighted by Crippen LogP contribution is 2.28. The third-order valence-electron chi connectivity index (χ3n) is 9.33. The van der Waals surface area contributed by atoms with Crippen LogP contribution in [0, 0.1) is 0 Å². The number of thiophene rings is 1. The lowest BCUT2D eigenvalue weighted by Crippen LogP contribution is -2.25. The summed E-state index contributed by atoms with van der Waals surface area (Å²) in [4.78, 5) is 32.1. The van der Waals surface area contributed by atoms with Crippen LogP contribution >= 0.6 is 11.3 Å². The Balaban J connectivity index is 0.000000174. The molecule has 12 nitrogen and oxygen atoms in total. The van der Waals surface area contributed by atoms with Crippen molar-refractivity contribution in [3.05, 3.63) is 137 Å². The van der Waals surface area contributed by atoms with Gasteiger partial charge >= 0.3 is 0 Å². The third-order valence-corrected chi connectivity index (χ3v) is 10.3. The summed E-state index contributed by atoms with van der Waals surface area (Å²) in [5.41, 5.74) is 8.48. The molecule has 5 heterocycles. The molecule has 13 heteroatoms. The van der Waals surface area contributed by atoms with Crippen molar-refractivity contribution in [2.24, 2.45) is 0 Å². The third kappa shape index (κ3) is 8.86. The number of likely N-dealkylation sites (N-methyl/N-ethyl adjacent to an activating group) is 1. The van der Waals surface area contributed by atoms with Gasteiger partial charge in [-0.25, -0.2) is 0 Å². The van der Waals surface area contributed by atoms with Crippen LogP contribution in [0.1, 0.15) is 31.2 Å². The maximum atomic E-state index is 13.1. The Kier molecular flexibility index (Phi) is 11.5. The van der Waals surface area contributed by atoms with E-state index in [0.29, 0.717) is 24.2 Å². The number of fused-ring (bicyclic) bond motifs is 2. The molecule has 55 heavy (non-hydrogen) atoms. The molecule has 0 fully saturated rings. The molecular weight excluding hydrogens is 711 g/mol. The predicted octanol–water partition coefficient (Wildman–Crippen LogP) is 7.12. The second-order valence-electron chi connectivity index (χ2n) is 13.3. The number of nitrogens with one attached hydrogen (secondary N) is 5. The summed E-state index contributed by atoms with van der Waals surface area (Å²) in [6.07, 6.45) is 11.9. The normalized spacial score (nSPS) is 11.1. The number of ether oxygens (including phenoxy) is 1. The highest BCUT2D eigenvalue weighted by Gasteiger charge is 2.17. The van der Waals surface area contributed by atoms with Crippen molar-refractivity contribution in [1.82, 2.24) is 45.5 Å². The molecule has 8 aromatic rings. The summed E-state index contributed by atoms with van der Waals surface area (Å²) < 4.78 is 7.42. The number of methoxy groups -OCH3 is 1. The minimum absolute atomic E-state index is 0.0473. The van der Waals surface area contributed by atoms with E-state index in [-0.39, 0.29) is 11.8 Å². The van der Waals surface area contributed by atoms with E-state index < -0.39 is 0 Å². The molecule has 3 aromatic carbocycles. The van der Waals surface area contributed by atoms with Crippen molar-refractivity contribution in [3.8, 4) is 28.0 Å². The zero-order chi connectivity index (χ0) is 38.1. The molecule has 0 bridgehead atoms. The van der Waals surface area contributed by atoms with Gasteiger partial charge in [-0.2, -0.15) is 10.2 Å². The van der Waals surface area contributed by atoms with Crippen LogP contribution < -0.4 is 15.4 Å². The molecule has 0 spiro atoms. The van der Waals surface area contributed by atoms with E-state index in [4.69, 9.17) is 4.74 Å². The van der Waals surface area contributed by atoms with Gasteiger partial charge in [-0.15, -0.1) is 11.3 Å². The zero-order valence-electron chi connectivity index (χ0n) is 30.9. The largest absolute Gasteiger partial charge is 0.497 e. The summed E-state index contributed by atoms with van der Waals surface area (Å²) in [6.45, 7) is 2.75. The molecular formula is C42H43N9O3S. The SMILES string of the molecule is COc1cccc(CNC(=O)c2cn(CCN(C)C)c3cc(-c4cn[nH]c4)ccc23)c1.O=C(NCCc1cccs1)c1c[nH]c2cc(-c3cn[nH]c3)ccc12. The van der Waals surface area contributed by atoms with Crippen molar-refractivity contribution in [2.75, 3.05) is 34.3 Å². The van der Waals surface area contributed by atoms with Gasteiger partial charge in [-0.3, -0.25) is 19.8 Å². The van der Waals surface area contributed by atoms with Gasteiger partial charge in [0.15, 0.2) is 0 Å².